The predicted molar refractivity (Wildman–Crippen MR) is 113 cm³/mol. The van der Waals surface area contributed by atoms with Gasteiger partial charge in [-0.2, -0.15) is 5.10 Å². The average molecular weight is 450 g/mol. The second-order valence-electron chi connectivity index (χ2n) is 7.68. The number of halogens is 3. The molecule has 0 fully saturated rings. The first-order valence-electron chi connectivity index (χ1n) is 10.1. The first-order chi connectivity index (χ1) is 15.9. The summed E-state index contributed by atoms with van der Waals surface area (Å²) in [6, 6.07) is 12.3. The standard InChI is InChI=1S/C24H17F3N4O2/c1-30-9-7-20(29-30)15-4-2-14(3-5-15)12-31-13-16-6-8-28-23(21(16)24(31)32)33-22-18(26)10-17(25)11-19(22)27/h2-11H,12-13H2,1H3. The van der Waals surface area contributed by atoms with Crippen LogP contribution in [0.1, 0.15) is 21.5 Å². The third-order valence-corrected chi connectivity index (χ3v) is 5.36. The van der Waals surface area contributed by atoms with Crippen LogP contribution in [0.3, 0.4) is 0 Å². The van der Waals surface area contributed by atoms with Crippen LogP contribution < -0.4 is 4.74 Å². The number of fused-ring (bicyclic) bond motifs is 1. The smallest absolute Gasteiger partial charge is 0.260 e. The summed E-state index contributed by atoms with van der Waals surface area (Å²) in [7, 11) is 1.85. The number of carbonyl (C=O) groups excluding carboxylic acids is 1. The molecule has 0 aliphatic carbocycles. The van der Waals surface area contributed by atoms with Gasteiger partial charge in [0.15, 0.2) is 11.6 Å². The normalized spacial score (nSPS) is 12.8. The van der Waals surface area contributed by atoms with Gasteiger partial charge in [-0.1, -0.05) is 24.3 Å². The highest BCUT2D eigenvalue weighted by molar-refractivity contribution is 6.00. The number of nitrogens with zero attached hydrogens (tertiary/aromatic N) is 4. The van der Waals surface area contributed by atoms with E-state index in [-0.39, 0.29) is 17.4 Å². The van der Waals surface area contributed by atoms with Gasteiger partial charge in [-0.15, -0.1) is 0 Å². The number of amides is 1. The van der Waals surface area contributed by atoms with Gasteiger partial charge in [-0.3, -0.25) is 9.48 Å². The van der Waals surface area contributed by atoms with E-state index in [1.165, 1.54) is 6.20 Å². The van der Waals surface area contributed by atoms with Crippen LogP contribution in [0.25, 0.3) is 11.3 Å². The van der Waals surface area contributed by atoms with Gasteiger partial charge in [-0.05, 0) is 23.3 Å². The fraction of sp³-hybridized carbons (Fsp3) is 0.125. The highest BCUT2D eigenvalue weighted by atomic mass is 19.1. The van der Waals surface area contributed by atoms with Gasteiger partial charge < -0.3 is 9.64 Å². The minimum absolute atomic E-state index is 0.130. The van der Waals surface area contributed by atoms with Gasteiger partial charge in [0, 0.05) is 50.2 Å². The van der Waals surface area contributed by atoms with Crippen molar-refractivity contribution in [2.24, 2.45) is 7.05 Å². The molecule has 0 spiro atoms. The SMILES string of the molecule is Cn1ccc(-c2ccc(CN3Cc4ccnc(Oc5c(F)cc(F)cc5F)c4C3=O)cc2)n1. The molecule has 0 radical (unpaired) electrons. The maximum Gasteiger partial charge on any atom is 0.260 e. The number of hydrogen-bond donors (Lipinski definition) is 0. The molecule has 6 nitrogen and oxygen atoms in total. The molecule has 3 heterocycles. The lowest BCUT2D eigenvalue weighted by atomic mass is 10.1. The van der Waals surface area contributed by atoms with Crippen LogP contribution in [-0.4, -0.2) is 25.6 Å². The molecule has 1 aliphatic heterocycles. The Hall–Kier alpha value is -4.14. The van der Waals surface area contributed by atoms with E-state index in [1.807, 2.05) is 43.6 Å². The second kappa shape index (κ2) is 8.09. The Morgan fingerprint density at radius 1 is 1.03 bits per heavy atom. The van der Waals surface area contributed by atoms with Crippen LogP contribution in [-0.2, 0) is 20.1 Å². The Labute approximate surface area is 186 Å². The van der Waals surface area contributed by atoms with Crippen molar-refractivity contribution < 1.29 is 22.7 Å². The third-order valence-electron chi connectivity index (χ3n) is 5.36. The number of carbonyl (C=O) groups is 1. The van der Waals surface area contributed by atoms with Crippen molar-refractivity contribution in [3.8, 4) is 22.9 Å². The summed E-state index contributed by atoms with van der Waals surface area (Å²) in [6.45, 7) is 0.623. The number of rotatable bonds is 5. The van der Waals surface area contributed by atoms with Crippen molar-refractivity contribution in [1.29, 1.82) is 0 Å². The first kappa shape index (κ1) is 20.7. The third kappa shape index (κ3) is 3.93. The molecule has 1 amide bonds. The van der Waals surface area contributed by atoms with E-state index >= 15 is 0 Å². The Morgan fingerprint density at radius 3 is 2.42 bits per heavy atom. The molecule has 2 aromatic heterocycles. The minimum atomic E-state index is -1.22. The minimum Gasteiger partial charge on any atom is -0.432 e. The lowest BCUT2D eigenvalue weighted by molar-refractivity contribution is 0.0764. The summed E-state index contributed by atoms with van der Waals surface area (Å²) < 4.78 is 48.3. The van der Waals surface area contributed by atoms with Crippen LogP contribution in [0.2, 0.25) is 0 Å². The topological polar surface area (TPSA) is 60.2 Å². The summed E-state index contributed by atoms with van der Waals surface area (Å²) in [5.41, 5.74) is 3.46. The van der Waals surface area contributed by atoms with E-state index in [0.717, 1.165) is 16.8 Å². The van der Waals surface area contributed by atoms with Crippen LogP contribution >= 0.6 is 0 Å². The second-order valence-corrected chi connectivity index (χ2v) is 7.68. The zero-order valence-corrected chi connectivity index (χ0v) is 17.4. The van der Waals surface area contributed by atoms with Gasteiger partial charge in [0.05, 0.1) is 5.69 Å². The maximum absolute atomic E-state index is 14.0. The lowest BCUT2D eigenvalue weighted by Gasteiger charge is -2.16. The number of hydrogen-bond acceptors (Lipinski definition) is 4. The number of pyridine rings is 1. The maximum atomic E-state index is 14.0. The molecule has 0 saturated heterocycles. The van der Waals surface area contributed by atoms with Gasteiger partial charge in [0.25, 0.3) is 5.91 Å². The zero-order valence-electron chi connectivity index (χ0n) is 17.4. The average Bonchev–Trinajstić information content (AvgIpc) is 3.35. The number of aromatic nitrogens is 3. The van der Waals surface area contributed by atoms with Crippen LogP contribution in [0.4, 0.5) is 13.2 Å². The molecular weight excluding hydrogens is 433 g/mol. The largest absolute Gasteiger partial charge is 0.432 e. The lowest BCUT2D eigenvalue weighted by Crippen LogP contribution is -2.23. The molecule has 5 rings (SSSR count). The Morgan fingerprint density at radius 2 is 1.76 bits per heavy atom. The van der Waals surface area contributed by atoms with Crippen molar-refractivity contribution in [2.75, 3.05) is 0 Å². The highest BCUT2D eigenvalue weighted by Gasteiger charge is 2.32. The molecule has 33 heavy (non-hydrogen) atoms. The molecular formula is C24H17F3N4O2. The van der Waals surface area contributed by atoms with Crippen LogP contribution in [0.15, 0.2) is 60.9 Å². The van der Waals surface area contributed by atoms with Gasteiger partial charge in [0.2, 0.25) is 11.6 Å². The Bertz CT molecular complexity index is 1350. The summed E-state index contributed by atoms with van der Waals surface area (Å²) >= 11 is 0. The summed E-state index contributed by atoms with van der Waals surface area (Å²) in [5.74, 6) is -4.92. The molecule has 0 atom stereocenters. The summed E-state index contributed by atoms with van der Waals surface area (Å²) in [6.07, 6.45) is 3.26. The van der Waals surface area contributed by atoms with Crippen LogP contribution in [0, 0.1) is 17.5 Å². The molecule has 9 heteroatoms. The van der Waals surface area contributed by atoms with E-state index in [4.69, 9.17) is 4.74 Å². The molecule has 0 N–H and O–H groups in total. The summed E-state index contributed by atoms with van der Waals surface area (Å²) in [5, 5.41) is 4.37. The molecule has 2 aromatic carbocycles. The van der Waals surface area contributed by atoms with Crippen molar-refractivity contribution >= 4 is 5.91 Å². The predicted octanol–water partition coefficient (Wildman–Crippen LogP) is 4.85. The monoisotopic (exact) mass is 450 g/mol. The van der Waals surface area contributed by atoms with E-state index in [1.54, 1.807) is 15.6 Å². The van der Waals surface area contributed by atoms with Crippen molar-refractivity contribution in [3.63, 3.8) is 0 Å². The number of aryl methyl sites for hydroxylation is 1. The first-order valence-corrected chi connectivity index (χ1v) is 10.1. The molecule has 0 unspecified atom stereocenters. The van der Waals surface area contributed by atoms with Crippen molar-refractivity contribution in [3.05, 3.63) is 95.1 Å². The molecule has 0 bridgehead atoms. The van der Waals surface area contributed by atoms with Gasteiger partial charge >= 0.3 is 0 Å². The molecule has 1 aliphatic rings. The van der Waals surface area contributed by atoms with E-state index in [0.29, 0.717) is 30.8 Å². The highest BCUT2D eigenvalue weighted by Crippen LogP contribution is 2.35. The fourth-order valence-electron chi connectivity index (χ4n) is 3.77. The van der Waals surface area contributed by atoms with Crippen LogP contribution in [0.5, 0.6) is 11.6 Å². The fourth-order valence-corrected chi connectivity index (χ4v) is 3.77. The molecule has 4 aromatic rings. The Balaban J connectivity index is 1.36. The summed E-state index contributed by atoms with van der Waals surface area (Å²) in [4.78, 5) is 18.6. The Kier molecular flexibility index (Phi) is 5.08. The van der Waals surface area contributed by atoms with Crippen molar-refractivity contribution in [2.45, 2.75) is 13.1 Å². The molecule has 166 valence electrons. The quantitative estimate of drug-likeness (QED) is 0.436. The van der Waals surface area contributed by atoms with E-state index < -0.39 is 23.2 Å². The zero-order chi connectivity index (χ0) is 23.1. The van der Waals surface area contributed by atoms with E-state index in [9.17, 15) is 18.0 Å². The van der Waals surface area contributed by atoms with Gasteiger partial charge in [-0.25, -0.2) is 18.2 Å². The molecule has 0 saturated carbocycles. The number of benzene rings is 2. The van der Waals surface area contributed by atoms with Crippen molar-refractivity contribution in [1.82, 2.24) is 19.7 Å². The van der Waals surface area contributed by atoms with Gasteiger partial charge in [0.1, 0.15) is 11.4 Å². The number of ether oxygens (including phenoxy) is 1. The van der Waals surface area contributed by atoms with E-state index in [2.05, 4.69) is 10.1 Å².